The predicted octanol–water partition coefficient (Wildman–Crippen LogP) is 3.93. The first-order chi connectivity index (χ1) is 8.13. The molecule has 17 heavy (non-hydrogen) atoms. The Hall–Kier alpha value is -1.09. The lowest BCUT2D eigenvalue weighted by Crippen LogP contribution is -2.16. The van der Waals surface area contributed by atoms with E-state index in [1.54, 1.807) is 0 Å². The van der Waals surface area contributed by atoms with Crippen LogP contribution in [0.4, 0.5) is 0 Å². The van der Waals surface area contributed by atoms with E-state index in [0.717, 1.165) is 17.4 Å². The molecule has 2 aromatic rings. The second-order valence-corrected chi connectivity index (χ2v) is 5.62. The minimum Gasteiger partial charge on any atom is -0.241 e. The zero-order valence-electron chi connectivity index (χ0n) is 10.2. The second-order valence-electron chi connectivity index (χ2n) is 4.83. The molecule has 0 aliphatic carbocycles. The molecule has 1 heterocycles. The lowest BCUT2D eigenvalue weighted by atomic mass is 9.84. The molecule has 2 nitrogen and oxygen atoms in total. The number of para-hydroxylation sites is 1. The summed E-state index contributed by atoms with van der Waals surface area (Å²) >= 11 is 3.51. The van der Waals surface area contributed by atoms with Crippen LogP contribution in [0.5, 0.6) is 0 Å². The summed E-state index contributed by atoms with van der Waals surface area (Å²) in [4.78, 5) is 0. The standard InChI is InChI=1S/C14H17BrN2/c1-14(2,8-9-15)12-10-16-17(11-12)13-6-4-3-5-7-13/h3-7,10-11H,8-9H2,1-2H3. The quantitative estimate of drug-likeness (QED) is 0.781. The van der Waals surface area contributed by atoms with Crippen LogP contribution >= 0.6 is 15.9 Å². The van der Waals surface area contributed by atoms with Gasteiger partial charge in [-0.05, 0) is 29.5 Å². The van der Waals surface area contributed by atoms with Crippen molar-refractivity contribution >= 4 is 15.9 Å². The van der Waals surface area contributed by atoms with Crippen molar-refractivity contribution in [2.75, 3.05) is 5.33 Å². The minimum absolute atomic E-state index is 0.163. The summed E-state index contributed by atoms with van der Waals surface area (Å²) in [5.74, 6) is 0. The summed E-state index contributed by atoms with van der Waals surface area (Å²) in [6.07, 6.45) is 5.20. The number of halogens is 1. The van der Waals surface area contributed by atoms with Gasteiger partial charge in [0.05, 0.1) is 11.9 Å². The zero-order chi connectivity index (χ0) is 12.3. The number of rotatable bonds is 4. The van der Waals surface area contributed by atoms with Gasteiger partial charge in [-0.25, -0.2) is 4.68 Å². The average molecular weight is 293 g/mol. The molecule has 90 valence electrons. The molecule has 0 bridgehead atoms. The minimum atomic E-state index is 0.163. The van der Waals surface area contributed by atoms with Gasteiger partial charge in [-0.3, -0.25) is 0 Å². The monoisotopic (exact) mass is 292 g/mol. The Morgan fingerprint density at radius 2 is 1.94 bits per heavy atom. The van der Waals surface area contributed by atoms with E-state index in [1.165, 1.54) is 5.56 Å². The zero-order valence-corrected chi connectivity index (χ0v) is 11.8. The maximum atomic E-state index is 4.44. The SMILES string of the molecule is CC(C)(CCBr)c1cnn(-c2ccccc2)c1. The van der Waals surface area contributed by atoms with Crippen molar-refractivity contribution < 1.29 is 0 Å². The van der Waals surface area contributed by atoms with E-state index in [-0.39, 0.29) is 5.41 Å². The van der Waals surface area contributed by atoms with Gasteiger partial charge in [0, 0.05) is 11.5 Å². The first-order valence-corrected chi connectivity index (χ1v) is 6.92. The third-order valence-corrected chi connectivity index (χ3v) is 3.50. The Labute approximate surface area is 111 Å². The molecule has 0 fully saturated rings. The fourth-order valence-corrected chi connectivity index (χ4v) is 2.77. The van der Waals surface area contributed by atoms with Crippen molar-refractivity contribution in [3.63, 3.8) is 0 Å². The molecular weight excluding hydrogens is 276 g/mol. The fraction of sp³-hybridized carbons (Fsp3) is 0.357. The summed E-state index contributed by atoms with van der Waals surface area (Å²) in [5.41, 5.74) is 2.55. The Bertz CT molecular complexity index is 474. The summed E-state index contributed by atoms with van der Waals surface area (Å²) in [5, 5.41) is 5.45. The molecule has 0 radical (unpaired) electrons. The van der Waals surface area contributed by atoms with Crippen molar-refractivity contribution in [3.8, 4) is 5.69 Å². The van der Waals surface area contributed by atoms with Crippen molar-refractivity contribution in [2.24, 2.45) is 0 Å². The van der Waals surface area contributed by atoms with E-state index in [2.05, 4.69) is 53.2 Å². The van der Waals surface area contributed by atoms with Crippen molar-refractivity contribution in [1.29, 1.82) is 0 Å². The number of alkyl halides is 1. The van der Waals surface area contributed by atoms with Crippen LogP contribution in [0.2, 0.25) is 0 Å². The third-order valence-electron chi connectivity index (χ3n) is 3.10. The molecule has 0 spiro atoms. The number of nitrogens with zero attached hydrogens (tertiary/aromatic N) is 2. The molecule has 0 saturated heterocycles. The summed E-state index contributed by atoms with van der Waals surface area (Å²) < 4.78 is 1.94. The highest BCUT2D eigenvalue weighted by atomic mass is 79.9. The Morgan fingerprint density at radius 3 is 2.59 bits per heavy atom. The first-order valence-electron chi connectivity index (χ1n) is 5.80. The topological polar surface area (TPSA) is 17.8 Å². The number of aromatic nitrogens is 2. The van der Waals surface area contributed by atoms with Gasteiger partial charge in [-0.15, -0.1) is 0 Å². The molecule has 1 aromatic carbocycles. The van der Waals surface area contributed by atoms with Gasteiger partial charge in [0.1, 0.15) is 0 Å². The van der Waals surface area contributed by atoms with Gasteiger partial charge in [0.15, 0.2) is 0 Å². The van der Waals surface area contributed by atoms with Crippen LogP contribution in [-0.2, 0) is 5.41 Å². The molecule has 3 heteroatoms. The largest absolute Gasteiger partial charge is 0.241 e. The smallest absolute Gasteiger partial charge is 0.0645 e. The van der Waals surface area contributed by atoms with E-state index >= 15 is 0 Å². The van der Waals surface area contributed by atoms with Gasteiger partial charge >= 0.3 is 0 Å². The van der Waals surface area contributed by atoms with E-state index in [9.17, 15) is 0 Å². The van der Waals surface area contributed by atoms with E-state index in [1.807, 2.05) is 29.1 Å². The highest BCUT2D eigenvalue weighted by Gasteiger charge is 2.21. The molecule has 2 rings (SSSR count). The van der Waals surface area contributed by atoms with Crippen LogP contribution in [-0.4, -0.2) is 15.1 Å². The first kappa shape index (κ1) is 12.4. The molecule has 0 unspecified atom stereocenters. The van der Waals surface area contributed by atoms with E-state index < -0.39 is 0 Å². The maximum absolute atomic E-state index is 4.44. The lowest BCUT2D eigenvalue weighted by Gasteiger charge is -2.21. The lowest BCUT2D eigenvalue weighted by molar-refractivity contribution is 0.512. The summed E-state index contributed by atoms with van der Waals surface area (Å²) in [6.45, 7) is 4.50. The molecule has 0 aliphatic rings. The molecular formula is C14H17BrN2. The second kappa shape index (κ2) is 5.05. The van der Waals surface area contributed by atoms with Gasteiger partial charge in [0.2, 0.25) is 0 Å². The molecule has 0 aliphatic heterocycles. The van der Waals surface area contributed by atoms with Crippen molar-refractivity contribution in [2.45, 2.75) is 25.7 Å². The molecule has 1 aromatic heterocycles. The fourth-order valence-electron chi connectivity index (χ4n) is 1.77. The highest BCUT2D eigenvalue weighted by molar-refractivity contribution is 9.09. The number of hydrogen-bond donors (Lipinski definition) is 0. The van der Waals surface area contributed by atoms with Crippen LogP contribution in [0.25, 0.3) is 5.69 Å². The number of hydrogen-bond acceptors (Lipinski definition) is 1. The molecule has 0 amide bonds. The van der Waals surface area contributed by atoms with Gasteiger partial charge < -0.3 is 0 Å². The third kappa shape index (κ3) is 2.78. The Morgan fingerprint density at radius 1 is 1.24 bits per heavy atom. The summed E-state index contributed by atoms with van der Waals surface area (Å²) in [6, 6.07) is 10.2. The maximum Gasteiger partial charge on any atom is 0.0645 e. The van der Waals surface area contributed by atoms with Crippen molar-refractivity contribution in [1.82, 2.24) is 9.78 Å². The normalized spacial score (nSPS) is 11.7. The van der Waals surface area contributed by atoms with Gasteiger partial charge in [-0.1, -0.05) is 48.0 Å². The van der Waals surface area contributed by atoms with Gasteiger partial charge in [-0.2, -0.15) is 5.10 Å². The van der Waals surface area contributed by atoms with Crippen LogP contribution in [0.3, 0.4) is 0 Å². The van der Waals surface area contributed by atoms with E-state index in [4.69, 9.17) is 0 Å². The van der Waals surface area contributed by atoms with Crippen LogP contribution in [0.15, 0.2) is 42.7 Å². The molecule has 0 saturated carbocycles. The number of benzene rings is 1. The van der Waals surface area contributed by atoms with Crippen LogP contribution in [0.1, 0.15) is 25.8 Å². The molecule has 0 N–H and O–H groups in total. The van der Waals surface area contributed by atoms with E-state index in [0.29, 0.717) is 0 Å². The Kier molecular flexibility index (Phi) is 3.67. The Balaban J connectivity index is 2.28. The predicted molar refractivity (Wildman–Crippen MR) is 75.0 cm³/mol. The average Bonchev–Trinajstić information content (AvgIpc) is 2.80. The highest BCUT2D eigenvalue weighted by Crippen LogP contribution is 2.27. The summed E-state index contributed by atoms with van der Waals surface area (Å²) in [7, 11) is 0. The molecule has 0 atom stereocenters. The van der Waals surface area contributed by atoms with Gasteiger partial charge in [0.25, 0.3) is 0 Å². The van der Waals surface area contributed by atoms with Crippen LogP contribution in [0, 0.1) is 0 Å². The van der Waals surface area contributed by atoms with Crippen LogP contribution < -0.4 is 0 Å². The van der Waals surface area contributed by atoms with Crippen molar-refractivity contribution in [3.05, 3.63) is 48.3 Å².